The Labute approximate surface area is 117 Å². The molecule has 98 valence electrons. The number of hydrogen-bond acceptors (Lipinski definition) is 3. The fourth-order valence-electron chi connectivity index (χ4n) is 1.32. The summed E-state index contributed by atoms with van der Waals surface area (Å²) >= 11 is 11.6. The number of H-pyrrole nitrogens is 1. The molecule has 0 aliphatic rings. The second-order valence-corrected chi connectivity index (χ2v) is 4.42. The van der Waals surface area contributed by atoms with Crippen molar-refractivity contribution in [2.24, 2.45) is 0 Å². The molecule has 0 bridgehead atoms. The number of carbonyl (C=O) groups is 1. The van der Waals surface area contributed by atoms with Crippen LogP contribution in [0.1, 0.15) is 0 Å². The first-order chi connectivity index (χ1) is 9.02. The molecule has 1 heterocycles. The third-order valence-electron chi connectivity index (χ3n) is 2.04. The number of halogens is 2. The van der Waals surface area contributed by atoms with E-state index in [0.717, 1.165) is 0 Å². The molecule has 0 atom stereocenters. The lowest BCUT2D eigenvalue weighted by atomic mass is 10.3. The molecule has 3 N–H and O–H groups in total. The summed E-state index contributed by atoms with van der Waals surface area (Å²) in [5.41, 5.74) is 0.0898. The van der Waals surface area contributed by atoms with E-state index in [9.17, 15) is 9.59 Å². The van der Waals surface area contributed by atoms with E-state index in [-0.39, 0.29) is 11.4 Å². The van der Waals surface area contributed by atoms with Crippen molar-refractivity contribution >= 4 is 40.7 Å². The summed E-state index contributed by atoms with van der Waals surface area (Å²) < 4.78 is 0. The van der Waals surface area contributed by atoms with Crippen LogP contribution in [0.25, 0.3) is 0 Å². The van der Waals surface area contributed by atoms with Crippen LogP contribution in [0.5, 0.6) is 0 Å². The molecule has 6 nitrogen and oxygen atoms in total. The zero-order chi connectivity index (χ0) is 13.8. The fraction of sp³-hybridized carbons (Fsp3) is 0. The summed E-state index contributed by atoms with van der Waals surface area (Å²) in [6.07, 6.45) is 0. The van der Waals surface area contributed by atoms with E-state index < -0.39 is 6.03 Å². The van der Waals surface area contributed by atoms with Crippen LogP contribution in [0.3, 0.4) is 0 Å². The predicted molar refractivity (Wildman–Crippen MR) is 74.0 cm³/mol. The monoisotopic (exact) mass is 298 g/mol. The van der Waals surface area contributed by atoms with Crippen LogP contribution in [0, 0.1) is 0 Å². The molecule has 0 aliphatic heterocycles. The Morgan fingerprint density at radius 3 is 2.37 bits per heavy atom. The van der Waals surface area contributed by atoms with E-state index in [2.05, 4.69) is 20.8 Å². The number of rotatable bonds is 2. The Morgan fingerprint density at radius 1 is 1.11 bits per heavy atom. The number of nitrogens with zero attached hydrogens (tertiary/aromatic N) is 1. The van der Waals surface area contributed by atoms with Crippen molar-refractivity contribution < 1.29 is 4.79 Å². The van der Waals surface area contributed by atoms with Gasteiger partial charge in [-0.25, -0.2) is 9.89 Å². The SMILES string of the molecule is O=C(Nc1cc(Cl)cc(Cl)c1)Nc1ccc(=O)[nH]n1. The highest BCUT2D eigenvalue weighted by Crippen LogP contribution is 2.22. The number of aromatic nitrogens is 2. The van der Waals surface area contributed by atoms with E-state index in [1.54, 1.807) is 18.2 Å². The number of urea groups is 1. The number of amides is 2. The number of aromatic amines is 1. The lowest BCUT2D eigenvalue weighted by Gasteiger charge is -2.07. The Kier molecular flexibility index (Phi) is 4.03. The van der Waals surface area contributed by atoms with Crippen LogP contribution in [-0.2, 0) is 0 Å². The highest BCUT2D eigenvalue weighted by molar-refractivity contribution is 6.35. The molecule has 1 aromatic heterocycles. The highest BCUT2D eigenvalue weighted by atomic mass is 35.5. The summed E-state index contributed by atoms with van der Waals surface area (Å²) in [7, 11) is 0. The van der Waals surface area contributed by atoms with Crippen molar-refractivity contribution in [3.8, 4) is 0 Å². The predicted octanol–water partition coefficient (Wildman–Crippen LogP) is 2.72. The van der Waals surface area contributed by atoms with E-state index in [1.807, 2.05) is 0 Å². The van der Waals surface area contributed by atoms with Gasteiger partial charge in [0.25, 0.3) is 5.56 Å². The van der Waals surface area contributed by atoms with Crippen LogP contribution in [0.15, 0.2) is 35.1 Å². The zero-order valence-electron chi connectivity index (χ0n) is 9.41. The molecule has 1 aromatic carbocycles. The first-order valence-electron chi connectivity index (χ1n) is 5.13. The summed E-state index contributed by atoms with van der Waals surface area (Å²) in [6.45, 7) is 0. The Hall–Kier alpha value is -2.05. The van der Waals surface area contributed by atoms with Crippen molar-refractivity contribution in [2.45, 2.75) is 0 Å². The third-order valence-corrected chi connectivity index (χ3v) is 2.48. The van der Waals surface area contributed by atoms with E-state index in [4.69, 9.17) is 23.2 Å². The topological polar surface area (TPSA) is 86.9 Å². The number of anilines is 2. The normalized spacial score (nSPS) is 10.0. The van der Waals surface area contributed by atoms with Crippen LogP contribution in [0.4, 0.5) is 16.3 Å². The van der Waals surface area contributed by atoms with Gasteiger partial charge in [-0.2, -0.15) is 5.10 Å². The lowest BCUT2D eigenvalue weighted by Crippen LogP contribution is -2.21. The molecular formula is C11H8Cl2N4O2. The van der Waals surface area contributed by atoms with Crippen LogP contribution >= 0.6 is 23.2 Å². The van der Waals surface area contributed by atoms with Gasteiger partial charge in [0.1, 0.15) is 0 Å². The Bertz CT molecular complexity index is 631. The molecule has 2 amide bonds. The lowest BCUT2D eigenvalue weighted by molar-refractivity contribution is 0.262. The largest absolute Gasteiger partial charge is 0.324 e. The van der Waals surface area contributed by atoms with Gasteiger partial charge in [-0.3, -0.25) is 10.1 Å². The first-order valence-corrected chi connectivity index (χ1v) is 5.88. The standard InChI is InChI=1S/C11H8Cl2N4O2/c12-6-3-7(13)5-8(4-6)14-11(19)15-9-1-2-10(18)17-16-9/h1-5H,(H,17,18)(H2,14,15,16,19). The van der Waals surface area contributed by atoms with Gasteiger partial charge >= 0.3 is 6.03 Å². The number of hydrogen-bond donors (Lipinski definition) is 3. The van der Waals surface area contributed by atoms with E-state index >= 15 is 0 Å². The molecule has 0 radical (unpaired) electrons. The maximum atomic E-state index is 11.6. The van der Waals surface area contributed by atoms with Crippen LogP contribution in [0.2, 0.25) is 10.0 Å². The minimum Gasteiger partial charge on any atom is -0.308 e. The molecule has 0 fully saturated rings. The molecule has 2 rings (SSSR count). The molecule has 0 saturated heterocycles. The quantitative estimate of drug-likeness (QED) is 0.796. The average molecular weight is 299 g/mol. The molecule has 8 heteroatoms. The van der Waals surface area contributed by atoms with Gasteiger partial charge in [0.2, 0.25) is 0 Å². The molecule has 19 heavy (non-hydrogen) atoms. The van der Waals surface area contributed by atoms with Gasteiger partial charge in [-0.05, 0) is 24.3 Å². The van der Waals surface area contributed by atoms with Crippen molar-refractivity contribution in [2.75, 3.05) is 10.6 Å². The maximum Gasteiger partial charge on any atom is 0.324 e. The second kappa shape index (κ2) is 5.73. The molecule has 0 saturated carbocycles. The van der Waals surface area contributed by atoms with Gasteiger partial charge in [0, 0.05) is 21.8 Å². The highest BCUT2D eigenvalue weighted by Gasteiger charge is 2.05. The maximum absolute atomic E-state index is 11.6. The minimum atomic E-state index is -0.530. The van der Waals surface area contributed by atoms with Gasteiger partial charge in [0.15, 0.2) is 5.82 Å². The summed E-state index contributed by atoms with van der Waals surface area (Å²) in [5.74, 6) is 0.213. The zero-order valence-corrected chi connectivity index (χ0v) is 10.9. The first kappa shape index (κ1) is 13.4. The average Bonchev–Trinajstić information content (AvgIpc) is 2.30. The minimum absolute atomic E-state index is 0.213. The smallest absolute Gasteiger partial charge is 0.308 e. The summed E-state index contributed by atoms with van der Waals surface area (Å²) in [6, 6.07) is 6.75. The fourth-order valence-corrected chi connectivity index (χ4v) is 1.84. The van der Waals surface area contributed by atoms with Crippen molar-refractivity contribution in [3.05, 3.63) is 50.7 Å². The Morgan fingerprint density at radius 2 is 1.79 bits per heavy atom. The van der Waals surface area contributed by atoms with E-state index in [1.165, 1.54) is 12.1 Å². The molecule has 0 spiro atoms. The molecular weight excluding hydrogens is 291 g/mol. The van der Waals surface area contributed by atoms with Gasteiger partial charge in [-0.15, -0.1) is 0 Å². The Balaban J connectivity index is 2.05. The van der Waals surface area contributed by atoms with Crippen molar-refractivity contribution in [1.82, 2.24) is 10.2 Å². The third kappa shape index (κ3) is 3.97. The summed E-state index contributed by atoms with van der Waals surface area (Å²) in [5, 5.41) is 11.6. The number of benzene rings is 1. The molecule has 0 unspecified atom stereocenters. The number of nitrogens with one attached hydrogen (secondary N) is 3. The van der Waals surface area contributed by atoms with Gasteiger partial charge in [-0.1, -0.05) is 23.2 Å². The summed E-state index contributed by atoms with van der Waals surface area (Å²) in [4.78, 5) is 22.4. The van der Waals surface area contributed by atoms with E-state index in [0.29, 0.717) is 15.7 Å². The van der Waals surface area contributed by atoms with Crippen molar-refractivity contribution in [3.63, 3.8) is 0 Å². The second-order valence-electron chi connectivity index (χ2n) is 3.54. The number of carbonyl (C=O) groups excluding carboxylic acids is 1. The van der Waals surface area contributed by atoms with Crippen LogP contribution < -0.4 is 16.2 Å². The van der Waals surface area contributed by atoms with Gasteiger partial charge in [0.05, 0.1) is 0 Å². The molecule has 0 aliphatic carbocycles. The van der Waals surface area contributed by atoms with Crippen molar-refractivity contribution in [1.29, 1.82) is 0 Å². The van der Waals surface area contributed by atoms with Gasteiger partial charge < -0.3 is 5.32 Å². The molecule has 2 aromatic rings. The van der Waals surface area contributed by atoms with Crippen LogP contribution in [-0.4, -0.2) is 16.2 Å².